The zero-order chi connectivity index (χ0) is 20.4. The molecular weight excluding hydrogens is 354 g/mol. The number of piperazine rings is 1. The van der Waals surface area contributed by atoms with E-state index in [9.17, 15) is 9.59 Å². The molecule has 2 rings (SSSR count). The molecule has 1 aromatic rings. The molecule has 1 atom stereocenters. The first-order valence-electron chi connectivity index (χ1n) is 10.1. The summed E-state index contributed by atoms with van der Waals surface area (Å²) in [7, 11) is 0. The Bertz CT molecular complexity index is 637. The number of nitrogens with one attached hydrogen (secondary N) is 1. The number of unbranched alkanes of at least 4 members (excludes halogenated alkanes) is 1. The molecule has 0 bridgehead atoms. The number of rotatable bonds is 10. The van der Waals surface area contributed by atoms with Crippen LogP contribution in [0.15, 0.2) is 36.9 Å². The molecule has 6 heteroatoms. The molecular formula is C22H33N3O3. The second-order valence-electron chi connectivity index (χ2n) is 7.24. The molecule has 1 fully saturated rings. The molecule has 1 unspecified atom stereocenters. The maximum atomic E-state index is 12.8. The van der Waals surface area contributed by atoms with E-state index in [0.29, 0.717) is 26.1 Å². The Morgan fingerprint density at radius 2 is 1.89 bits per heavy atom. The molecule has 0 aliphatic carbocycles. The van der Waals surface area contributed by atoms with Crippen molar-refractivity contribution in [3.63, 3.8) is 0 Å². The molecule has 6 nitrogen and oxygen atoms in total. The van der Waals surface area contributed by atoms with E-state index in [1.165, 1.54) is 12.5 Å². The van der Waals surface area contributed by atoms with Gasteiger partial charge < -0.3 is 15.0 Å². The molecule has 1 saturated heterocycles. The molecule has 1 aliphatic rings. The first-order valence-corrected chi connectivity index (χ1v) is 10.1. The van der Waals surface area contributed by atoms with Crippen LogP contribution in [0.2, 0.25) is 0 Å². The van der Waals surface area contributed by atoms with Crippen molar-refractivity contribution in [1.29, 1.82) is 0 Å². The first kappa shape index (κ1) is 22.0. The van der Waals surface area contributed by atoms with Crippen LogP contribution in [0.4, 0.5) is 0 Å². The number of carbonyl (C=O) groups excluding carboxylic acids is 2. The Morgan fingerprint density at radius 3 is 2.46 bits per heavy atom. The highest BCUT2D eigenvalue weighted by molar-refractivity contribution is 5.86. The Kier molecular flexibility index (Phi) is 9.01. The maximum absolute atomic E-state index is 12.8. The largest absolute Gasteiger partial charge is 0.490 e. The van der Waals surface area contributed by atoms with Gasteiger partial charge in [-0.25, -0.2) is 0 Å². The highest BCUT2D eigenvalue weighted by atomic mass is 16.5. The van der Waals surface area contributed by atoms with Crippen molar-refractivity contribution in [3.05, 3.63) is 42.5 Å². The van der Waals surface area contributed by atoms with Crippen LogP contribution in [-0.4, -0.2) is 60.4 Å². The third-order valence-corrected chi connectivity index (χ3v) is 4.90. The summed E-state index contributed by atoms with van der Waals surface area (Å²) in [5, 5.41) is 2.82. The van der Waals surface area contributed by atoms with E-state index < -0.39 is 6.04 Å². The molecule has 28 heavy (non-hydrogen) atoms. The van der Waals surface area contributed by atoms with Crippen molar-refractivity contribution in [2.75, 3.05) is 32.8 Å². The van der Waals surface area contributed by atoms with Gasteiger partial charge in [-0.2, -0.15) is 0 Å². The lowest BCUT2D eigenvalue weighted by Gasteiger charge is -2.36. The van der Waals surface area contributed by atoms with E-state index in [1.807, 2.05) is 17.0 Å². The second kappa shape index (κ2) is 11.5. The van der Waals surface area contributed by atoms with Crippen LogP contribution in [0.5, 0.6) is 5.75 Å². The van der Waals surface area contributed by atoms with Crippen LogP contribution in [0.1, 0.15) is 38.7 Å². The zero-order valence-electron chi connectivity index (χ0n) is 17.2. The number of nitrogens with zero attached hydrogens (tertiary/aromatic N) is 2. The molecule has 1 heterocycles. The zero-order valence-corrected chi connectivity index (χ0v) is 17.2. The number of amides is 2. The summed E-state index contributed by atoms with van der Waals surface area (Å²) in [6.07, 6.45) is 4.38. The summed E-state index contributed by atoms with van der Waals surface area (Å²) in [4.78, 5) is 28.5. The van der Waals surface area contributed by atoms with Crippen LogP contribution in [0.25, 0.3) is 0 Å². The van der Waals surface area contributed by atoms with E-state index in [-0.39, 0.29) is 11.8 Å². The van der Waals surface area contributed by atoms with E-state index in [0.717, 1.165) is 38.2 Å². The summed E-state index contributed by atoms with van der Waals surface area (Å²) in [6.45, 7) is 11.6. The summed E-state index contributed by atoms with van der Waals surface area (Å²) >= 11 is 0. The average molecular weight is 388 g/mol. The van der Waals surface area contributed by atoms with Crippen molar-refractivity contribution in [3.8, 4) is 5.75 Å². The highest BCUT2D eigenvalue weighted by Crippen LogP contribution is 2.15. The van der Waals surface area contributed by atoms with Gasteiger partial charge in [-0.3, -0.25) is 14.5 Å². The van der Waals surface area contributed by atoms with Gasteiger partial charge in [0.1, 0.15) is 18.4 Å². The predicted molar refractivity (Wildman–Crippen MR) is 111 cm³/mol. The normalized spacial score (nSPS) is 15.7. The van der Waals surface area contributed by atoms with E-state index in [2.05, 4.69) is 35.9 Å². The van der Waals surface area contributed by atoms with Crippen molar-refractivity contribution in [2.24, 2.45) is 0 Å². The molecule has 0 radical (unpaired) electrons. The van der Waals surface area contributed by atoms with Gasteiger partial charge in [-0.05, 0) is 24.1 Å². The lowest BCUT2D eigenvalue weighted by Crippen LogP contribution is -2.54. The fourth-order valence-corrected chi connectivity index (χ4v) is 3.36. The fourth-order valence-electron chi connectivity index (χ4n) is 3.36. The minimum Gasteiger partial charge on any atom is -0.490 e. The van der Waals surface area contributed by atoms with Crippen LogP contribution in [-0.2, 0) is 16.1 Å². The number of benzene rings is 1. The van der Waals surface area contributed by atoms with E-state index in [4.69, 9.17) is 4.74 Å². The van der Waals surface area contributed by atoms with Gasteiger partial charge in [-0.15, -0.1) is 0 Å². The average Bonchev–Trinajstić information content (AvgIpc) is 2.70. The number of hydrogen-bond acceptors (Lipinski definition) is 4. The second-order valence-corrected chi connectivity index (χ2v) is 7.24. The Morgan fingerprint density at radius 1 is 1.21 bits per heavy atom. The van der Waals surface area contributed by atoms with Crippen LogP contribution < -0.4 is 10.1 Å². The van der Waals surface area contributed by atoms with Gasteiger partial charge in [-0.1, -0.05) is 44.6 Å². The van der Waals surface area contributed by atoms with Crippen molar-refractivity contribution in [1.82, 2.24) is 15.1 Å². The Hall–Kier alpha value is -2.34. The smallest absolute Gasteiger partial charge is 0.245 e. The maximum Gasteiger partial charge on any atom is 0.245 e. The van der Waals surface area contributed by atoms with E-state index in [1.54, 1.807) is 6.08 Å². The van der Waals surface area contributed by atoms with E-state index >= 15 is 0 Å². The molecule has 1 aromatic carbocycles. The summed E-state index contributed by atoms with van der Waals surface area (Å²) in [5.41, 5.74) is 1.23. The summed E-state index contributed by atoms with van der Waals surface area (Å²) < 4.78 is 5.51. The van der Waals surface area contributed by atoms with Gasteiger partial charge in [0.25, 0.3) is 0 Å². The van der Waals surface area contributed by atoms with Gasteiger partial charge in [0.15, 0.2) is 0 Å². The quantitative estimate of drug-likeness (QED) is 0.627. The SMILES string of the molecule is C=CCOc1ccc(CN2CCN(C(=O)C(CCCC)NC(C)=O)CC2)cc1. The minimum absolute atomic E-state index is 0.0482. The topological polar surface area (TPSA) is 61.9 Å². The molecule has 0 saturated carbocycles. The van der Waals surface area contributed by atoms with Gasteiger partial charge >= 0.3 is 0 Å². The van der Waals surface area contributed by atoms with Gasteiger partial charge in [0.05, 0.1) is 0 Å². The van der Waals surface area contributed by atoms with Crippen LogP contribution in [0.3, 0.4) is 0 Å². The van der Waals surface area contributed by atoms with Gasteiger partial charge in [0.2, 0.25) is 11.8 Å². The third-order valence-electron chi connectivity index (χ3n) is 4.90. The highest BCUT2D eigenvalue weighted by Gasteiger charge is 2.27. The first-order chi connectivity index (χ1) is 13.5. The molecule has 154 valence electrons. The summed E-state index contributed by atoms with van der Waals surface area (Å²) in [5.74, 6) is 0.746. The molecule has 1 aliphatic heterocycles. The molecule has 1 N–H and O–H groups in total. The fraction of sp³-hybridized carbons (Fsp3) is 0.545. The van der Waals surface area contributed by atoms with Crippen molar-refractivity contribution < 1.29 is 14.3 Å². The lowest BCUT2D eigenvalue weighted by atomic mass is 10.1. The summed E-state index contributed by atoms with van der Waals surface area (Å²) in [6, 6.07) is 7.71. The standard InChI is InChI=1S/C22H33N3O3/c1-4-6-7-21(23-18(3)26)22(27)25-14-12-24(13-15-25)17-19-8-10-20(11-9-19)28-16-5-2/h5,8-11,21H,2,4,6-7,12-17H2,1,3H3,(H,23,26). The number of ether oxygens (including phenoxy) is 1. The lowest BCUT2D eigenvalue weighted by molar-refractivity contribution is -0.137. The third kappa shape index (κ3) is 7.00. The Labute approximate surface area is 168 Å². The number of hydrogen-bond donors (Lipinski definition) is 1. The van der Waals surface area contributed by atoms with Crippen molar-refractivity contribution >= 4 is 11.8 Å². The Balaban J connectivity index is 1.83. The van der Waals surface area contributed by atoms with Crippen LogP contribution >= 0.6 is 0 Å². The molecule has 2 amide bonds. The van der Waals surface area contributed by atoms with Crippen LogP contribution in [0, 0.1) is 0 Å². The predicted octanol–water partition coefficient (Wildman–Crippen LogP) is 2.59. The molecule has 0 spiro atoms. The molecule has 0 aromatic heterocycles. The van der Waals surface area contributed by atoms with Gasteiger partial charge in [0, 0.05) is 39.6 Å². The number of carbonyl (C=O) groups is 2. The monoisotopic (exact) mass is 387 g/mol. The minimum atomic E-state index is -0.396. The van der Waals surface area contributed by atoms with Crippen molar-refractivity contribution in [2.45, 2.75) is 45.7 Å².